The van der Waals surface area contributed by atoms with Crippen LogP contribution in [0.4, 0.5) is 4.39 Å². The Labute approximate surface area is 104 Å². The number of carbonyl (C=O) groups excluding carboxylic acids is 1. The van der Waals surface area contributed by atoms with E-state index < -0.39 is 17.3 Å². The monoisotopic (exact) mass is 254 g/mol. The number of aromatic nitrogens is 1. The predicted octanol–water partition coefficient (Wildman–Crippen LogP) is 1.39. The second-order valence-corrected chi connectivity index (χ2v) is 3.77. The molecule has 18 heavy (non-hydrogen) atoms. The first-order chi connectivity index (χ1) is 8.52. The van der Waals surface area contributed by atoms with E-state index in [1.807, 2.05) is 0 Å². The summed E-state index contributed by atoms with van der Waals surface area (Å²) in [5, 5.41) is 9.44. The summed E-state index contributed by atoms with van der Waals surface area (Å²) in [6.07, 6.45) is 1.57. The van der Waals surface area contributed by atoms with Crippen molar-refractivity contribution in [3.8, 4) is 0 Å². The fourth-order valence-electron chi connectivity index (χ4n) is 1.97. The number of likely N-dealkylation sites (N-methyl/N-ethyl adjacent to an activating group) is 1. The number of amides is 1. The lowest BCUT2D eigenvalue weighted by Gasteiger charge is -2.36. The lowest BCUT2D eigenvalue weighted by Crippen LogP contribution is -2.51. The highest BCUT2D eigenvalue weighted by atomic mass is 19.1. The maximum Gasteiger partial charge on any atom is 0.335 e. The maximum absolute atomic E-state index is 12.9. The second-order valence-electron chi connectivity index (χ2n) is 3.77. The van der Waals surface area contributed by atoms with Gasteiger partial charge in [-0.25, -0.2) is 9.18 Å². The van der Waals surface area contributed by atoms with Crippen LogP contribution in [0, 0.1) is 5.82 Å². The predicted molar refractivity (Wildman–Crippen MR) is 62.2 cm³/mol. The van der Waals surface area contributed by atoms with E-state index in [0.29, 0.717) is 6.41 Å². The van der Waals surface area contributed by atoms with Crippen LogP contribution < -0.4 is 0 Å². The molecule has 6 heteroatoms. The molecule has 0 saturated carbocycles. The van der Waals surface area contributed by atoms with Crippen LogP contribution in [-0.4, -0.2) is 33.9 Å². The van der Waals surface area contributed by atoms with Crippen molar-refractivity contribution in [2.24, 2.45) is 0 Å². The summed E-state index contributed by atoms with van der Waals surface area (Å²) in [5.74, 6) is -1.73. The molecule has 1 aromatic rings. The highest BCUT2D eigenvalue weighted by Crippen LogP contribution is 2.30. The van der Waals surface area contributed by atoms with Crippen LogP contribution in [0.3, 0.4) is 0 Å². The molecule has 1 N–H and O–H groups in total. The fourth-order valence-corrected chi connectivity index (χ4v) is 1.97. The van der Waals surface area contributed by atoms with E-state index in [1.165, 1.54) is 6.07 Å². The topological polar surface area (TPSA) is 70.5 Å². The van der Waals surface area contributed by atoms with Gasteiger partial charge >= 0.3 is 5.97 Å². The quantitative estimate of drug-likeness (QED) is 0.779. The van der Waals surface area contributed by atoms with Crippen LogP contribution >= 0.6 is 0 Å². The number of carbonyl (C=O) groups is 2. The SMILES string of the molecule is CCN(C=O)C(CC)(C(=O)O)c1ccc(F)cn1. The van der Waals surface area contributed by atoms with Gasteiger partial charge in [0.1, 0.15) is 5.82 Å². The number of carboxylic acids is 1. The van der Waals surface area contributed by atoms with Gasteiger partial charge < -0.3 is 10.0 Å². The standard InChI is InChI=1S/C12H15FN2O3/c1-3-12(11(17)18,15(4-2)8-16)10-6-5-9(13)7-14-10/h5-8H,3-4H2,1-2H3,(H,17,18). The van der Waals surface area contributed by atoms with Crippen LogP contribution in [0.2, 0.25) is 0 Å². The van der Waals surface area contributed by atoms with E-state index in [-0.39, 0.29) is 18.7 Å². The largest absolute Gasteiger partial charge is 0.479 e. The number of carboxylic acid groups (broad SMARTS) is 1. The zero-order chi connectivity index (χ0) is 13.8. The molecule has 1 atom stereocenters. The number of hydrogen-bond acceptors (Lipinski definition) is 3. The maximum atomic E-state index is 12.9. The van der Waals surface area contributed by atoms with Gasteiger partial charge in [0.15, 0.2) is 5.54 Å². The van der Waals surface area contributed by atoms with Gasteiger partial charge in [-0.1, -0.05) is 6.92 Å². The first kappa shape index (κ1) is 14.1. The van der Waals surface area contributed by atoms with Gasteiger partial charge in [-0.05, 0) is 25.5 Å². The molecule has 0 radical (unpaired) electrons. The third-order valence-electron chi connectivity index (χ3n) is 2.97. The van der Waals surface area contributed by atoms with Gasteiger partial charge in [0.25, 0.3) is 0 Å². The highest BCUT2D eigenvalue weighted by molar-refractivity contribution is 5.82. The van der Waals surface area contributed by atoms with Crippen molar-refractivity contribution in [1.82, 2.24) is 9.88 Å². The van der Waals surface area contributed by atoms with E-state index in [9.17, 15) is 19.1 Å². The number of pyridine rings is 1. The Hall–Kier alpha value is -1.98. The van der Waals surface area contributed by atoms with Gasteiger partial charge in [0.2, 0.25) is 6.41 Å². The zero-order valence-electron chi connectivity index (χ0n) is 10.3. The summed E-state index contributed by atoms with van der Waals surface area (Å²) < 4.78 is 12.9. The van der Waals surface area contributed by atoms with Crippen LogP contribution in [0.15, 0.2) is 18.3 Å². The summed E-state index contributed by atoms with van der Waals surface area (Å²) in [5.41, 5.74) is -1.41. The molecule has 1 amide bonds. The van der Waals surface area contributed by atoms with Crippen molar-refractivity contribution < 1.29 is 19.1 Å². The number of rotatable bonds is 6. The summed E-state index contributed by atoms with van der Waals surface area (Å²) >= 11 is 0. The molecule has 0 fully saturated rings. The third-order valence-corrected chi connectivity index (χ3v) is 2.97. The Morgan fingerprint density at radius 3 is 2.56 bits per heavy atom. The molecule has 0 bridgehead atoms. The molecule has 98 valence electrons. The molecule has 1 heterocycles. The van der Waals surface area contributed by atoms with Crippen molar-refractivity contribution in [2.75, 3.05) is 6.54 Å². The number of hydrogen-bond donors (Lipinski definition) is 1. The first-order valence-corrected chi connectivity index (χ1v) is 5.60. The molecule has 1 rings (SSSR count). The molecule has 5 nitrogen and oxygen atoms in total. The molecule has 1 aromatic heterocycles. The third kappa shape index (κ3) is 2.18. The van der Waals surface area contributed by atoms with Crippen LogP contribution in [-0.2, 0) is 15.1 Å². The van der Waals surface area contributed by atoms with Gasteiger partial charge in [-0.3, -0.25) is 9.78 Å². The molecule has 0 aliphatic heterocycles. The number of halogens is 1. The van der Waals surface area contributed by atoms with E-state index in [0.717, 1.165) is 17.2 Å². The Balaban J connectivity index is 3.39. The summed E-state index contributed by atoms with van der Waals surface area (Å²) in [6, 6.07) is 2.42. The molecule has 0 aliphatic rings. The minimum absolute atomic E-state index is 0.146. The molecular weight excluding hydrogens is 239 g/mol. The van der Waals surface area contributed by atoms with E-state index in [4.69, 9.17) is 0 Å². The smallest absolute Gasteiger partial charge is 0.335 e. The average molecular weight is 254 g/mol. The lowest BCUT2D eigenvalue weighted by molar-refractivity contribution is -0.156. The molecule has 0 aromatic carbocycles. The second kappa shape index (κ2) is 5.57. The average Bonchev–Trinajstić information content (AvgIpc) is 2.36. The molecule has 1 unspecified atom stereocenters. The first-order valence-electron chi connectivity index (χ1n) is 5.60. The summed E-state index contributed by atoms with van der Waals surface area (Å²) in [7, 11) is 0. The zero-order valence-corrected chi connectivity index (χ0v) is 10.3. The van der Waals surface area contributed by atoms with Crippen molar-refractivity contribution in [3.63, 3.8) is 0 Å². The van der Waals surface area contributed by atoms with Crippen molar-refractivity contribution in [2.45, 2.75) is 25.8 Å². The molecule has 0 saturated heterocycles. The van der Waals surface area contributed by atoms with Crippen molar-refractivity contribution in [3.05, 3.63) is 29.8 Å². The van der Waals surface area contributed by atoms with Gasteiger partial charge in [-0.2, -0.15) is 0 Å². The molecule has 0 aliphatic carbocycles. The highest BCUT2D eigenvalue weighted by Gasteiger charge is 2.45. The van der Waals surface area contributed by atoms with E-state index in [2.05, 4.69) is 4.98 Å². The van der Waals surface area contributed by atoms with Gasteiger partial charge in [0, 0.05) is 6.54 Å². The van der Waals surface area contributed by atoms with Crippen LogP contribution in [0.25, 0.3) is 0 Å². The van der Waals surface area contributed by atoms with Crippen LogP contribution in [0.5, 0.6) is 0 Å². The Morgan fingerprint density at radius 2 is 2.22 bits per heavy atom. The fraction of sp³-hybridized carbons (Fsp3) is 0.417. The minimum atomic E-state index is -1.55. The Kier molecular flexibility index (Phi) is 4.36. The van der Waals surface area contributed by atoms with Gasteiger partial charge in [0.05, 0.1) is 11.9 Å². The van der Waals surface area contributed by atoms with E-state index >= 15 is 0 Å². The normalized spacial score (nSPS) is 13.7. The minimum Gasteiger partial charge on any atom is -0.479 e. The number of nitrogens with zero attached hydrogens (tertiary/aromatic N) is 2. The van der Waals surface area contributed by atoms with Gasteiger partial charge in [-0.15, -0.1) is 0 Å². The van der Waals surface area contributed by atoms with Crippen LogP contribution in [0.1, 0.15) is 26.0 Å². The molecule has 0 spiro atoms. The summed E-state index contributed by atoms with van der Waals surface area (Å²) in [6.45, 7) is 3.54. The lowest BCUT2D eigenvalue weighted by atomic mass is 9.89. The van der Waals surface area contributed by atoms with Crippen molar-refractivity contribution >= 4 is 12.4 Å². The summed E-state index contributed by atoms with van der Waals surface area (Å²) in [4.78, 5) is 27.6. The number of aliphatic carboxylic acids is 1. The Morgan fingerprint density at radius 1 is 1.56 bits per heavy atom. The molecular formula is C12H15FN2O3. The van der Waals surface area contributed by atoms with Crippen molar-refractivity contribution in [1.29, 1.82) is 0 Å². The van der Waals surface area contributed by atoms with E-state index in [1.54, 1.807) is 13.8 Å². The Bertz CT molecular complexity index is 435.